The first-order valence-corrected chi connectivity index (χ1v) is 12.1. The number of aromatic nitrogens is 6. The van der Waals surface area contributed by atoms with Gasteiger partial charge in [0.25, 0.3) is 0 Å². The van der Waals surface area contributed by atoms with E-state index >= 15 is 0 Å². The molecule has 42 heavy (non-hydrogen) atoms. The summed E-state index contributed by atoms with van der Waals surface area (Å²) in [5, 5.41) is 52.3. The summed E-state index contributed by atoms with van der Waals surface area (Å²) in [5.41, 5.74) is -6.08. The molecule has 21 nitrogen and oxygen atoms in total. The van der Waals surface area contributed by atoms with Crippen molar-refractivity contribution in [2.24, 2.45) is 0 Å². The number of hydrogen-bond donors (Lipinski definition) is 6. The van der Waals surface area contributed by atoms with E-state index in [9.17, 15) is 43.2 Å². The lowest BCUT2D eigenvalue weighted by atomic mass is 10.4. The molecule has 0 aliphatic carbocycles. The monoisotopic (exact) mass is 606 g/mol. The fourth-order valence-electron chi connectivity index (χ4n) is 3.44. The van der Waals surface area contributed by atoms with Gasteiger partial charge in [-0.2, -0.15) is 0 Å². The van der Waals surface area contributed by atoms with E-state index in [1.807, 2.05) is 0 Å². The van der Waals surface area contributed by atoms with Crippen molar-refractivity contribution < 1.29 is 45.0 Å². The molecule has 0 bridgehead atoms. The second-order valence-electron chi connectivity index (χ2n) is 8.21. The lowest BCUT2D eigenvalue weighted by Crippen LogP contribution is -2.55. The Kier molecular flexibility index (Phi) is 13.7. The summed E-state index contributed by atoms with van der Waals surface area (Å²) in [6, 6.07) is 0. The Morgan fingerprint density at radius 3 is 0.690 bits per heavy atom. The Balaban J connectivity index is 0.000000437. The maximum absolute atomic E-state index is 12.1. The van der Waals surface area contributed by atoms with Crippen LogP contribution in [0.15, 0.2) is 28.8 Å². The average Bonchev–Trinajstić information content (AvgIpc) is 2.91. The van der Waals surface area contributed by atoms with Gasteiger partial charge in [-0.15, -0.1) is 0 Å². The molecule has 0 unspecified atom stereocenters. The van der Waals surface area contributed by atoms with Gasteiger partial charge in [0, 0.05) is 19.6 Å². The SMILES string of the molecule is O=C(O)CCn1c(=O)n(CCC(=O)O)c(=O)n(CCC(=O)O)c1=O.O=c1n(CCO)c(=O)n(CCO)c(=O)n1CCO. The van der Waals surface area contributed by atoms with Gasteiger partial charge in [0.15, 0.2) is 0 Å². The van der Waals surface area contributed by atoms with Gasteiger partial charge in [-0.05, 0) is 0 Å². The average molecular weight is 606 g/mol. The highest BCUT2D eigenvalue weighted by Crippen LogP contribution is 1.88. The highest BCUT2D eigenvalue weighted by molar-refractivity contribution is 5.67. The van der Waals surface area contributed by atoms with Crippen molar-refractivity contribution in [2.75, 3.05) is 19.8 Å². The van der Waals surface area contributed by atoms with Gasteiger partial charge in [0.1, 0.15) is 0 Å². The molecule has 0 saturated carbocycles. The molecule has 0 saturated heterocycles. The van der Waals surface area contributed by atoms with E-state index in [1.54, 1.807) is 0 Å². The molecule has 2 aromatic heterocycles. The van der Waals surface area contributed by atoms with Crippen molar-refractivity contribution in [3.63, 3.8) is 0 Å². The van der Waals surface area contributed by atoms with E-state index in [1.165, 1.54) is 0 Å². The number of nitrogens with zero attached hydrogens (tertiary/aromatic N) is 6. The van der Waals surface area contributed by atoms with Crippen molar-refractivity contribution in [1.29, 1.82) is 0 Å². The van der Waals surface area contributed by atoms with E-state index in [4.69, 9.17) is 30.6 Å². The van der Waals surface area contributed by atoms with Crippen LogP contribution in [0.1, 0.15) is 19.3 Å². The Morgan fingerprint density at radius 1 is 0.381 bits per heavy atom. The van der Waals surface area contributed by atoms with Crippen molar-refractivity contribution in [3.05, 3.63) is 62.9 Å². The predicted molar refractivity (Wildman–Crippen MR) is 136 cm³/mol. The molecular weight excluding hydrogens is 576 g/mol. The third kappa shape index (κ3) is 9.07. The Hall–Kier alpha value is -4.89. The maximum atomic E-state index is 12.1. The molecule has 0 aliphatic heterocycles. The van der Waals surface area contributed by atoms with E-state index < -0.39 is 111 Å². The first-order chi connectivity index (χ1) is 19.7. The van der Waals surface area contributed by atoms with Crippen molar-refractivity contribution in [2.45, 2.75) is 58.5 Å². The molecule has 0 aliphatic rings. The molecule has 2 aromatic rings. The fourth-order valence-corrected chi connectivity index (χ4v) is 3.44. The molecule has 0 fully saturated rings. The Bertz CT molecular complexity index is 1390. The van der Waals surface area contributed by atoms with Crippen LogP contribution in [0, 0.1) is 0 Å². The van der Waals surface area contributed by atoms with Crippen LogP contribution in [0.25, 0.3) is 0 Å². The second kappa shape index (κ2) is 16.4. The number of carboxylic acids is 3. The number of aliphatic hydroxyl groups excluding tert-OH is 3. The molecule has 6 N–H and O–H groups in total. The first-order valence-electron chi connectivity index (χ1n) is 12.1. The molecule has 0 spiro atoms. The minimum atomic E-state index is -1.29. The largest absolute Gasteiger partial charge is 0.481 e. The topological polar surface area (TPSA) is 305 Å². The third-order valence-corrected chi connectivity index (χ3v) is 5.39. The maximum Gasteiger partial charge on any atom is 0.336 e. The zero-order valence-corrected chi connectivity index (χ0v) is 22.0. The van der Waals surface area contributed by atoms with Crippen LogP contribution in [0.2, 0.25) is 0 Å². The summed E-state index contributed by atoms with van der Waals surface area (Å²) < 4.78 is 3.48. The number of hydrogen-bond acceptors (Lipinski definition) is 12. The van der Waals surface area contributed by atoms with Crippen LogP contribution in [-0.4, -0.2) is 95.8 Å². The van der Waals surface area contributed by atoms with Crippen LogP contribution >= 0.6 is 0 Å². The summed E-state index contributed by atoms with van der Waals surface area (Å²) in [7, 11) is 0. The molecule has 0 atom stereocenters. The van der Waals surface area contributed by atoms with E-state index in [2.05, 4.69) is 0 Å². The van der Waals surface area contributed by atoms with Crippen LogP contribution in [0.4, 0.5) is 0 Å². The minimum Gasteiger partial charge on any atom is -0.481 e. The highest BCUT2D eigenvalue weighted by atomic mass is 16.4. The van der Waals surface area contributed by atoms with Crippen LogP contribution in [-0.2, 0) is 53.7 Å². The summed E-state index contributed by atoms with van der Waals surface area (Å²) in [4.78, 5) is 104. The van der Waals surface area contributed by atoms with Gasteiger partial charge in [-0.3, -0.25) is 14.4 Å². The van der Waals surface area contributed by atoms with Gasteiger partial charge in [0.2, 0.25) is 0 Å². The molecule has 0 aromatic carbocycles. The molecule has 0 radical (unpaired) electrons. The minimum absolute atomic E-state index is 0.255. The first kappa shape index (κ1) is 35.1. The van der Waals surface area contributed by atoms with Gasteiger partial charge in [-0.25, -0.2) is 56.2 Å². The Morgan fingerprint density at radius 2 is 0.548 bits per heavy atom. The number of aliphatic hydroxyl groups is 3. The fraction of sp³-hybridized carbons (Fsp3) is 0.571. The standard InChI is InChI=1S/C12H15N3O9.C9H15N3O6/c16-7(17)1-4-13-10(22)14(5-2-8(18)19)12(24)15(11(13)23)6-3-9(20)21;13-4-1-10-7(16)11(2-5-14)9(18)12(3-6-15)8(10)17/h1-6H2,(H,16,17)(H,18,19)(H,20,21);13-15H,1-6H2. The lowest BCUT2D eigenvalue weighted by Gasteiger charge is -2.12. The number of carboxylic acid groups (broad SMARTS) is 3. The molecule has 21 heteroatoms. The van der Waals surface area contributed by atoms with Crippen molar-refractivity contribution in [1.82, 2.24) is 27.4 Å². The zero-order chi connectivity index (χ0) is 32.1. The molecule has 2 heterocycles. The number of rotatable bonds is 15. The summed E-state index contributed by atoms with van der Waals surface area (Å²) in [6.45, 7) is -3.69. The smallest absolute Gasteiger partial charge is 0.336 e. The van der Waals surface area contributed by atoms with Crippen LogP contribution in [0.3, 0.4) is 0 Å². The second-order valence-corrected chi connectivity index (χ2v) is 8.21. The molecular formula is C21H30N6O15. The predicted octanol–water partition coefficient (Wildman–Crippen LogP) is -6.26. The number of aliphatic carboxylic acids is 3. The summed E-state index contributed by atoms with van der Waals surface area (Å²) in [5.74, 6) is -3.87. The number of carbonyl (C=O) groups is 3. The van der Waals surface area contributed by atoms with Gasteiger partial charge in [0.05, 0.1) is 58.7 Å². The van der Waals surface area contributed by atoms with Crippen molar-refractivity contribution in [3.8, 4) is 0 Å². The van der Waals surface area contributed by atoms with E-state index in [0.717, 1.165) is 0 Å². The Labute approximate surface area is 232 Å². The lowest BCUT2D eigenvalue weighted by molar-refractivity contribution is -0.138. The van der Waals surface area contributed by atoms with Gasteiger partial charge < -0.3 is 30.6 Å². The highest BCUT2D eigenvalue weighted by Gasteiger charge is 2.18. The van der Waals surface area contributed by atoms with E-state index in [0.29, 0.717) is 27.4 Å². The third-order valence-electron chi connectivity index (χ3n) is 5.39. The van der Waals surface area contributed by atoms with E-state index in [-0.39, 0.29) is 19.6 Å². The molecule has 2 rings (SSSR count). The zero-order valence-electron chi connectivity index (χ0n) is 22.0. The van der Waals surface area contributed by atoms with Crippen LogP contribution < -0.4 is 34.1 Å². The summed E-state index contributed by atoms with van der Waals surface area (Å²) >= 11 is 0. The van der Waals surface area contributed by atoms with Crippen molar-refractivity contribution >= 4 is 17.9 Å². The molecule has 234 valence electrons. The van der Waals surface area contributed by atoms with Gasteiger partial charge in [-0.1, -0.05) is 0 Å². The van der Waals surface area contributed by atoms with Gasteiger partial charge >= 0.3 is 52.0 Å². The molecule has 0 amide bonds. The quantitative estimate of drug-likeness (QED) is 0.110. The normalized spacial score (nSPS) is 10.6. The van der Waals surface area contributed by atoms with Crippen LogP contribution in [0.5, 0.6) is 0 Å². The summed E-state index contributed by atoms with van der Waals surface area (Å²) in [6.07, 6.45) is -1.73.